The standard InChI is InChI=1S/C28H31NO3/c1-3-8-27(31)29-19-20-32-25-17-13-23(14-18-25)28(22-11-15-24(30)16-12-22)26(4-2)21-9-6-5-7-10-21/h5-7,9-18,30H,3-4,8,19-20H2,1-2H3,(H,29,31)/b28-26-. The van der Waals surface area contributed by atoms with E-state index in [1.807, 2.05) is 37.3 Å². The Labute approximate surface area is 190 Å². The minimum atomic E-state index is 0.0585. The van der Waals surface area contributed by atoms with Gasteiger partial charge in [0.25, 0.3) is 0 Å². The molecule has 3 aromatic rings. The van der Waals surface area contributed by atoms with Crippen molar-refractivity contribution in [3.8, 4) is 11.5 Å². The molecule has 4 nitrogen and oxygen atoms in total. The zero-order valence-corrected chi connectivity index (χ0v) is 18.8. The highest BCUT2D eigenvalue weighted by Crippen LogP contribution is 2.35. The van der Waals surface area contributed by atoms with E-state index < -0.39 is 0 Å². The van der Waals surface area contributed by atoms with E-state index in [9.17, 15) is 9.90 Å². The molecular formula is C28H31NO3. The molecule has 0 atom stereocenters. The summed E-state index contributed by atoms with van der Waals surface area (Å²) in [6.07, 6.45) is 2.26. The molecule has 0 aliphatic rings. The van der Waals surface area contributed by atoms with Gasteiger partial charge in [0, 0.05) is 6.42 Å². The first-order chi connectivity index (χ1) is 15.6. The molecule has 0 aliphatic heterocycles. The van der Waals surface area contributed by atoms with Crippen LogP contribution >= 0.6 is 0 Å². The maximum absolute atomic E-state index is 11.6. The topological polar surface area (TPSA) is 58.6 Å². The SMILES string of the molecule is CCCC(=O)NCCOc1ccc(/C(=C(/CC)c2ccccc2)c2ccc(O)cc2)cc1. The van der Waals surface area contributed by atoms with Gasteiger partial charge in [0.05, 0.1) is 6.54 Å². The largest absolute Gasteiger partial charge is 0.508 e. The number of benzene rings is 3. The van der Waals surface area contributed by atoms with Crippen LogP contribution in [0.15, 0.2) is 78.9 Å². The molecule has 0 aromatic heterocycles. The highest BCUT2D eigenvalue weighted by Gasteiger charge is 2.13. The third kappa shape index (κ3) is 6.24. The Morgan fingerprint density at radius 1 is 0.844 bits per heavy atom. The molecule has 3 aromatic carbocycles. The van der Waals surface area contributed by atoms with Crippen LogP contribution in [0.2, 0.25) is 0 Å². The number of nitrogens with one attached hydrogen (secondary N) is 1. The molecule has 0 heterocycles. The number of rotatable bonds is 10. The first kappa shape index (κ1) is 23.1. The van der Waals surface area contributed by atoms with E-state index in [1.54, 1.807) is 12.1 Å². The normalized spacial score (nSPS) is 11.6. The number of amides is 1. The van der Waals surface area contributed by atoms with Crippen molar-refractivity contribution in [2.24, 2.45) is 0 Å². The Balaban J connectivity index is 1.85. The molecule has 0 saturated carbocycles. The third-order valence-corrected chi connectivity index (χ3v) is 5.25. The number of carbonyl (C=O) groups excluding carboxylic acids is 1. The molecule has 166 valence electrons. The predicted octanol–water partition coefficient (Wildman–Crippen LogP) is 6.06. The second-order valence-corrected chi connectivity index (χ2v) is 7.59. The summed E-state index contributed by atoms with van der Waals surface area (Å²) in [5, 5.41) is 12.6. The lowest BCUT2D eigenvalue weighted by molar-refractivity contribution is -0.121. The van der Waals surface area contributed by atoms with Crippen LogP contribution in [0.25, 0.3) is 11.1 Å². The number of allylic oxidation sites excluding steroid dienone is 1. The number of phenols is 1. The Bertz CT molecular complexity index is 1020. The zero-order chi connectivity index (χ0) is 22.8. The van der Waals surface area contributed by atoms with Crippen molar-refractivity contribution in [3.05, 3.63) is 95.6 Å². The van der Waals surface area contributed by atoms with Crippen LogP contribution in [-0.4, -0.2) is 24.2 Å². The first-order valence-corrected chi connectivity index (χ1v) is 11.2. The number of aromatic hydroxyl groups is 1. The fourth-order valence-electron chi connectivity index (χ4n) is 3.70. The van der Waals surface area contributed by atoms with Crippen LogP contribution < -0.4 is 10.1 Å². The van der Waals surface area contributed by atoms with Crippen LogP contribution in [0.4, 0.5) is 0 Å². The molecule has 0 saturated heterocycles. The van der Waals surface area contributed by atoms with E-state index in [1.165, 1.54) is 11.1 Å². The van der Waals surface area contributed by atoms with Crippen LogP contribution in [0.1, 0.15) is 49.8 Å². The van der Waals surface area contributed by atoms with E-state index >= 15 is 0 Å². The summed E-state index contributed by atoms with van der Waals surface area (Å²) < 4.78 is 5.80. The molecular weight excluding hydrogens is 398 g/mol. The van der Waals surface area contributed by atoms with Crippen molar-refractivity contribution < 1.29 is 14.6 Å². The molecule has 32 heavy (non-hydrogen) atoms. The summed E-state index contributed by atoms with van der Waals surface area (Å²) in [7, 11) is 0. The Morgan fingerprint density at radius 2 is 1.47 bits per heavy atom. The lowest BCUT2D eigenvalue weighted by atomic mass is 9.88. The molecule has 2 N–H and O–H groups in total. The first-order valence-electron chi connectivity index (χ1n) is 11.2. The van der Waals surface area contributed by atoms with Crippen molar-refractivity contribution in [1.29, 1.82) is 0 Å². The number of phenolic OH excluding ortho intramolecular Hbond substituents is 1. The van der Waals surface area contributed by atoms with E-state index in [0.717, 1.165) is 35.3 Å². The fourth-order valence-corrected chi connectivity index (χ4v) is 3.70. The predicted molar refractivity (Wildman–Crippen MR) is 131 cm³/mol. The van der Waals surface area contributed by atoms with E-state index in [2.05, 4.69) is 48.6 Å². The number of hydrogen-bond donors (Lipinski definition) is 2. The van der Waals surface area contributed by atoms with Gasteiger partial charge in [-0.25, -0.2) is 0 Å². The molecule has 0 bridgehead atoms. The van der Waals surface area contributed by atoms with Crippen molar-refractivity contribution in [2.75, 3.05) is 13.2 Å². The molecule has 4 heteroatoms. The van der Waals surface area contributed by atoms with Gasteiger partial charge in [0.2, 0.25) is 5.91 Å². The summed E-state index contributed by atoms with van der Waals surface area (Å²) in [6.45, 7) is 5.07. The minimum Gasteiger partial charge on any atom is -0.508 e. The smallest absolute Gasteiger partial charge is 0.220 e. The second kappa shape index (κ2) is 11.8. The van der Waals surface area contributed by atoms with E-state index in [-0.39, 0.29) is 11.7 Å². The van der Waals surface area contributed by atoms with E-state index in [0.29, 0.717) is 19.6 Å². The van der Waals surface area contributed by atoms with Gasteiger partial charge in [-0.3, -0.25) is 4.79 Å². The highest BCUT2D eigenvalue weighted by molar-refractivity contribution is 5.98. The van der Waals surface area contributed by atoms with Crippen molar-refractivity contribution >= 4 is 17.1 Å². The monoisotopic (exact) mass is 429 g/mol. The van der Waals surface area contributed by atoms with Gasteiger partial charge in [-0.1, -0.05) is 68.4 Å². The van der Waals surface area contributed by atoms with Gasteiger partial charge in [0.1, 0.15) is 18.1 Å². The fraction of sp³-hybridized carbons (Fsp3) is 0.250. The molecule has 0 unspecified atom stereocenters. The zero-order valence-electron chi connectivity index (χ0n) is 18.8. The summed E-state index contributed by atoms with van der Waals surface area (Å²) in [5.41, 5.74) is 5.69. The van der Waals surface area contributed by atoms with Gasteiger partial charge in [-0.15, -0.1) is 0 Å². The highest BCUT2D eigenvalue weighted by atomic mass is 16.5. The van der Waals surface area contributed by atoms with Crippen molar-refractivity contribution in [2.45, 2.75) is 33.1 Å². The van der Waals surface area contributed by atoms with Crippen molar-refractivity contribution in [1.82, 2.24) is 5.32 Å². The molecule has 1 amide bonds. The Hall–Kier alpha value is -3.53. The molecule has 0 radical (unpaired) electrons. The van der Waals surface area contributed by atoms with Crippen LogP contribution in [0, 0.1) is 0 Å². The van der Waals surface area contributed by atoms with Crippen LogP contribution in [0.3, 0.4) is 0 Å². The van der Waals surface area contributed by atoms with Crippen LogP contribution in [-0.2, 0) is 4.79 Å². The molecule has 0 aliphatic carbocycles. The number of ether oxygens (including phenoxy) is 1. The average molecular weight is 430 g/mol. The lowest BCUT2D eigenvalue weighted by Crippen LogP contribution is -2.27. The van der Waals surface area contributed by atoms with Gasteiger partial charge < -0.3 is 15.2 Å². The summed E-state index contributed by atoms with van der Waals surface area (Å²) in [6, 6.07) is 25.8. The van der Waals surface area contributed by atoms with Gasteiger partial charge in [0.15, 0.2) is 0 Å². The second-order valence-electron chi connectivity index (χ2n) is 7.59. The number of carbonyl (C=O) groups is 1. The molecule has 0 spiro atoms. The Morgan fingerprint density at radius 3 is 2.06 bits per heavy atom. The maximum atomic E-state index is 11.6. The minimum absolute atomic E-state index is 0.0585. The summed E-state index contributed by atoms with van der Waals surface area (Å²) in [4.78, 5) is 11.6. The number of hydrogen-bond acceptors (Lipinski definition) is 3. The average Bonchev–Trinajstić information content (AvgIpc) is 2.82. The summed E-state index contributed by atoms with van der Waals surface area (Å²) >= 11 is 0. The third-order valence-electron chi connectivity index (χ3n) is 5.25. The van der Waals surface area contributed by atoms with Gasteiger partial charge in [-0.05, 0) is 64.9 Å². The van der Waals surface area contributed by atoms with Gasteiger partial charge in [-0.2, -0.15) is 0 Å². The molecule has 3 rings (SSSR count). The van der Waals surface area contributed by atoms with Gasteiger partial charge >= 0.3 is 0 Å². The van der Waals surface area contributed by atoms with Crippen LogP contribution in [0.5, 0.6) is 11.5 Å². The molecule has 0 fully saturated rings. The quantitative estimate of drug-likeness (QED) is 0.304. The maximum Gasteiger partial charge on any atom is 0.220 e. The Kier molecular flexibility index (Phi) is 8.50. The lowest BCUT2D eigenvalue weighted by Gasteiger charge is -2.17. The summed E-state index contributed by atoms with van der Waals surface area (Å²) in [5.74, 6) is 1.07. The van der Waals surface area contributed by atoms with E-state index in [4.69, 9.17) is 4.74 Å². The van der Waals surface area contributed by atoms with Crippen molar-refractivity contribution in [3.63, 3.8) is 0 Å².